The standard InChI is InChI=1S/C15H21ClN2O2/c1-11-4-2-3-7-18(11)15(20)9-17-14-8-12(10-19)5-6-13(14)16/h5-6,8,11,17,19H,2-4,7,9-10H2,1H3/t11-/m0/s1. The molecule has 1 heterocycles. The Bertz CT molecular complexity index is 479. The molecule has 1 aliphatic rings. The van der Waals surface area contributed by atoms with Crippen molar-refractivity contribution in [1.82, 2.24) is 4.90 Å². The summed E-state index contributed by atoms with van der Waals surface area (Å²) in [6.45, 7) is 3.13. The minimum absolute atomic E-state index is 0.0387. The van der Waals surface area contributed by atoms with Crippen molar-refractivity contribution >= 4 is 23.2 Å². The lowest BCUT2D eigenvalue weighted by molar-refractivity contribution is -0.132. The van der Waals surface area contributed by atoms with Crippen LogP contribution in [0.4, 0.5) is 5.69 Å². The van der Waals surface area contributed by atoms with Gasteiger partial charge >= 0.3 is 0 Å². The van der Waals surface area contributed by atoms with E-state index >= 15 is 0 Å². The van der Waals surface area contributed by atoms with Crippen molar-refractivity contribution in [2.45, 2.75) is 38.8 Å². The number of anilines is 1. The quantitative estimate of drug-likeness (QED) is 0.898. The zero-order valence-corrected chi connectivity index (χ0v) is 12.5. The number of piperidine rings is 1. The number of likely N-dealkylation sites (tertiary alicyclic amines) is 1. The van der Waals surface area contributed by atoms with E-state index in [9.17, 15) is 4.79 Å². The van der Waals surface area contributed by atoms with Crippen LogP contribution in [0.25, 0.3) is 0 Å². The lowest BCUT2D eigenvalue weighted by Gasteiger charge is -2.33. The van der Waals surface area contributed by atoms with Crippen molar-refractivity contribution in [2.24, 2.45) is 0 Å². The average Bonchev–Trinajstić information content (AvgIpc) is 2.46. The average molecular weight is 297 g/mol. The molecule has 4 nitrogen and oxygen atoms in total. The molecule has 1 saturated heterocycles. The summed E-state index contributed by atoms with van der Waals surface area (Å²) in [5.41, 5.74) is 1.46. The number of nitrogens with zero attached hydrogens (tertiary/aromatic N) is 1. The normalized spacial score (nSPS) is 18.9. The van der Waals surface area contributed by atoms with E-state index in [2.05, 4.69) is 12.2 Å². The first-order chi connectivity index (χ1) is 9.61. The van der Waals surface area contributed by atoms with E-state index in [0.717, 1.165) is 24.9 Å². The van der Waals surface area contributed by atoms with Gasteiger partial charge in [0.2, 0.25) is 5.91 Å². The van der Waals surface area contributed by atoms with Crippen LogP contribution in [0, 0.1) is 0 Å². The monoisotopic (exact) mass is 296 g/mol. The molecule has 0 radical (unpaired) electrons. The van der Waals surface area contributed by atoms with E-state index in [4.69, 9.17) is 16.7 Å². The van der Waals surface area contributed by atoms with E-state index in [1.807, 2.05) is 4.90 Å². The van der Waals surface area contributed by atoms with Gasteiger partial charge in [-0.25, -0.2) is 0 Å². The summed E-state index contributed by atoms with van der Waals surface area (Å²) < 4.78 is 0. The van der Waals surface area contributed by atoms with E-state index in [1.54, 1.807) is 18.2 Å². The molecule has 1 aromatic rings. The SMILES string of the molecule is C[C@H]1CCCCN1C(=O)CNc1cc(CO)ccc1Cl. The number of nitrogens with one attached hydrogen (secondary N) is 1. The molecule has 1 fully saturated rings. The van der Waals surface area contributed by atoms with Gasteiger partial charge < -0.3 is 15.3 Å². The Kier molecular flexibility index (Phi) is 5.26. The molecular weight excluding hydrogens is 276 g/mol. The summed E-state index contributed by atoms with van der Waals surface area (Å²) >= 11 is 6.08. The Balaban J connectivity index is 1.96. The number of aliphatic hydroxyl groups is 1. The number of amides is 1. The van der Waals surface area contributed by atoms with Crippen LogP contribution < -0.4 is 5.32 Å². The Morgan fingerprint density at radius 2 is 2.30 bits per heavy atom. The summed E-state index contributed by atoms with van der Waals surface area (Å²) in [7, 11) is 0. The molecule has 110 valence electrons. The van der Waals surface area contributed by atoms with Crippen LogP contribution in [0.5, 0.6) is 0 Å². The maximum Gasteiger partial charge on any atom is 0.242 e. The molecule has 5 heteroatoms. The number of carbonyl (C=O) groups excluding carboxylic acids is 1. The minimum atomic E-state index is -0.0387. The first-order valence-electron chi connectivity index (χ1n) is 7.04. The fraction of sp³-hybridized carbons (Fsp3) is 0.533. The van der Waals surface area contributed by atoms with Gasteiger partial charge in [0.15, 0.2) is 0 Å². The lowest BCUT2D eigenvalue weighted by Crippen LogP contribution is -2.44. The lowest BCUT2D eigenvalue weighted by atomic mass is 10.0. The van der Waals surface area contributed by atoms with Gasteiger partial charge in [0.25, 0.3) is 0 Å². The number of halogens is 1. The van der Waals surface area contributed by atoms with Crippen LogP contribution in [0.15, 0.2) is 18.2 Å². The van der Waals surface area contributed by atoms with Gasteiger partial charge in [0.1, 0.15) is 0 Å². The van der Waals surface area contributed by atoms with Crippen LogP contribution in [0.1, 0.15) is 31.7 Å². The third-order valence-electron chi connectivity index (χ3n) is 3.77. The minimum Gasteiger partial charge on any atom is -0.392 e. The van der Waals surface area contributed by atoms with Crippen LogP contribution in [-0.2, 0) is 11.4 Å². The Morgan fingerprint density at radius 1 is 1.50 bits per heavy atom. The van der Waals surface area contributed by atoms with Crippen molar-refractivity contribution < 1.29 is 9.90 Å². The summed E-state index contributed by atoms with van der Waals surface area (Å²) in [4.78, 5) is 14.1. The molecule has 1 amide bonds. The molecule has 0 aromatic heterocycles. The van der Waals surface area contributed by atoms with Gasteiger partial charge in [-0.05, 0) is 43.9 Å². The van der Waals surface area contributed by atoms with Gasteiger partial charge in [0, 0.05) is 12.6 Å². The maximum atomic E-state index is 12.2. The van der Waals surface area contributed by atoms with Crippen LogP contribution in [0.3, 0.4) is 0 Å². The first kappa shape index (κ1) is 15.1. The number of carbonyl (C=O) groups is 1. The van der Waals surface area contributed by atoms with Gasteiger partial charge in [-0.15, -0.1) is 0 Å². The summed E-state index contributed by atoms with van der Waals surface area (Å²) in [5.74, 6) is 0.0997. The van der Waals surface area contributed by atoms with Crippen molar-refractivity contribution in [1.29, 1.82) is 0 Å². The molecule has 2 N–H and O–H groups in total. The fourth-order valence-electron chi connectivity index (χ4n) is 2.55. The molecule has 1 aliphatic heterocycles. The summed E-state index contributed by atoms with van der Waals surface area (Å²) in [6.07, 6.45) is 3.35. The number of benzene rings is 1. The zero-order valence-electron chi connectivity index (χ0n) is 11.7. The Morgan fingerprint density at radius 3 is 3.00 bits per heavy atom. The predicted octanol–water partition coefficient (Wildman–Crippen LogP) is 2.65. The highest BCUT2D eigenvalue weighted by molar-refractivity contribution is 6.33. The highest BCUT2D eigenvalue weighted by Crippen LogP contribution is 2.23. The van der Waals surface area contributed by atoms with E-state index in [-0.39, 0.29) is 19.1 Å². The molecule has 0 unspecified atom stereocenters. The molecule has 2 rings (SSSR count). The second-order valence-corrected chi connectivity index (χ2v) is 5.67. The zero-order chi connectivity index (χ0) is 14.5. The third kappa shape index (κ3) is 3.64. The van der Waals surface area contributed by atoms with Gasteiger partial charge in [-0.3, -0.25) is 4.79 Å². The molecule has 1 atom stereocenters. The molecule has 0 bridgehead atoms. The highest BCUT2D eigenvalue weighted by atomic mass is 35.5. The van der Waals surface area contributed by atoms with Crippen LogP contribution >= 0.6 is 11.6 Å². The number of hydrogen-bond acceptors (Lipinski definition) is 3. The number of hydrogen-bond donors (Lipinski definition) is 2. The second kappa shape index (κ2) is 6.95. The number of aliphatic hydroxyl groups excluding tert-OH is 1. The maximum absolute atomic E-state index is 12.2. The molecule has 0 aliphatic carbocycles. The Labute approximate surface area is 124 Å². The van der Waals surface area contributed by atoms with E-state index < -0.39 is 0 Å². The van der Waals surface area contributed by atoms with E-state index in [1.165, 1.54) is 6.42 Å². The predicted molar refractivity (Wildman–Crippen MR) is 80.9 cm³/mol. The first-order valence-corrected chi connectivity index (χ1v) is 7.42. The second-order valence-electron chi connectivity index (χ2n) is 5.26. The summed E-state index contributed by atoms with van der Waals surface area (Å²) in [6, 6.07) is 5.58. The molecule has 20 heavy (non-hydrogen) atoms. The van der Waals surface area contributed by atoms with E-state index in [0.29, 0.717) is 16.8 Å². The molecule has 0 spiro atoms. The topological polar surface area (TPSA) is 52.6 Å². The number of rotatable bonds is 4. The molecule has 0 saturated carbocycles. The van der Waals surface area contributed by atoms with Crippen LogP contribution in [0.2, 0.25) is 5.02 Å². The Hall–Kier alpha value is -1.26. The molecular formula is C15H21ClN2O2. The fourth-order valence-corrected chi connectivity index (χ4v) is 2.73. The van der Waals surface area contributed by atoms with Crippen molar-refractivity contribution in [3.8, 4) is 0 Å². The van der Waals surface area contributed by atoms with Crippen LogP contribution in [-0.4, -0.2) is 35.0 Å². The van der Waals surface area contributed by atoms with Crippen molar-refractivity contribution in [3.63, 3.8) is 0 Å². The van der Waals surface area contributed by atoms with Gasteiger partial charge in [-0.1, -0.05) is 17.7 Å². The highest BCUT2D eigenvalue weighted by Gasteiger charge is 2.22. The molecule has 1 aromatic carbocycles. The largest absolute Gasteiger partial charge is 0.392 e. The smallest absolute Gasteiger partial charge is 0.242 e. The van der Waals surface area contributed by atoms with Gasteiger partial charge in [0.05, 0.1) is 23.9 Å². The van der Waals surface area contributed by atoms with Crippen molar-refractivity contribution in [2.75, 3.05) is 18.4 Å². The third-order valence-corrected chi connectivity index (χ3v) is 4.10. The van der Waals surface area contributed by atoms with Crippen molar-refractivity contribution in [3.05, 3.63) is 28.8 Å². The van der Waals surface area contributed by atoms with Gasteiger partial charge in [-0.2, -0.15) is 0 Å². The summed E-state index contributed by atoms with van der Waals surface area (Å²) in [5, 5.41) is 12.8.